The van der Waals surface area contributed by atoms with Gasteiger partial charge in [0.1, 0.15) is 5.69 Å². The minimum atomic E-state index is -4.53. The Kier molecular flexibility index (Phi) is 3.04. The van der Waals surface area contributed by atoms with Gasteiger partial charge in [0.15, 0.2) is 5.84 Å². The smallest absolute Gasteiger partial charge is 0.409 e. The lowest BCUT2D eigenvalue weighted by Gasteiger charge is -2.07. The molecule has 0 saturated carbocycles. The fraction of sp³-hybridized carbons (Fsp3) is 0.143. The van der Waals surface area contributed by atoms with E-state index in [2.05, 4.69) is 10.1 Å². The van der Waals surface area contributed by atoms with Gasteiger partial charge in [0.2, 0.25) is 0 Å². The van der Waals surface area contributed by atoms with Crippen LogP contribution in [0.1, 0.15) is 11.3 Å². The molecule has 0 unspecified atom stereocenters. The number of aromatic nitrogens is 1. The zero-order chi connectivity index (χ0) is 11.6. The fourth-order valence-electron chi connectivity index (χ4n) is 0.829. The number of alkyl halides is 3. The molecule has 82 valence electrons. The van der Waals surface area contributed by atoms with Gasteiger partial charge in [-0.05, 0) is 6.07 Å². The SMILES string of the molecule is N/C(=N/O)c1ncc(C(F)(F)F)cc1Cl. The quantitative estimate of drug-likeness (QED) is 0.340. The number of amidine groups is 1. The van der Waals surface area contributed by atoms with Gasteiger partial charge < -0.3 is 10.9 Å². The van der Waals surface area contributed by atoms with Crippen LogP contribution < -0.4 is 5.73 Å². The molecule has 0 saturated heterocycles. The van der Waals surface area contributed by atoms with Crippen molar-refractivity contribution in [2.45, 2.75) is 6.18 Å². The molecular weight excluding hydrogens is 235 g/mol. The molecule has 4 nitrogen and oxygen atoms in total. The molecule has 0 aliphatic carbocycles. The second kappa shape index (κ2) is 3.93. The zero-order valence-electron chi connectivity index (χ0n) is 7.09. The van der Waals surface area contributed by atoms with Crippen molar-refractivity contribution >= 4 is 17.4 Å². The number of nitrogens with zero attached hydrogens (tertiary/aromatic N) is 2. The third-order valence-electron chi connectivity index (χ3n) is 1.52. The van der Waals surface area contributed by atoms with Gasteiger partial charge in [-0.15, -0.1) is 0 Å². The van der Waals surface area contributed by atoms with E-state index in [1.165, 1.54) is 0 Å². The van der Waals surface area contributed by atoms with Crippen molar-refractivity contribution in [3.63, 3.8) is 0 Å². The number of nitrogens with two attached hydrogens (primary N) is 1. The van der Waals surface area contributed by atoms with Crippen molar-refractivity contribution in [3.05, 3.63) is 28.5 Å². The molecule has 0 bridgehead atoms. The molecule has 0 fully saturated rings. The van der Waals surface area contributed by atoms with Gasteiger partial charge in [-0.1, -0.05) is 16.8 Å². The topological polar surface area (TPSA) is 71.5 Å². The van der Waals surface area contributed by atoms with Crippen LogP contribution in [0.3, 0.4) is 0 Å². The van der Waals surface area contributed by atoms with Gasteiger partial charge in [0.25, 0.3) is 0 Å². The average molecular weight is 240 g/mol. The summed E-state index contributed by atoms with van der Waals surface area (Å²) in [6.45, 7) is 0. The zero-order valence-corrected chi connectivity index (χ0v) is 7.84. The van der Waals surface area contributed by atoms with E-state index in [9.17, 15) is 13.2 Å². The van der Waals surface area contributed by atoms with E-state index in [1.54, 1.807) is 0 Å². The number of halogens is 4. The Morgan fingerprint density at radius 2 is 2.13 bits per heavy atom. The van der Waals surface area contributed by atoms with Gasteiger partial charge in [-0.25, -0.2) is 0 Å². The Hall–Kier alpha value is -1.50. The van der Waals surface area contributed by atoms with Crippen LogP contribution in [-0.2, 0) is 6.18 Å². The summed E-state index contributed by atoms with van der Waals surface area (Å²) >= 11 is 5.47. The molecule has 1 rings (SSSR count). The lowest BCUT2D eigenvalue weighted by Crippen LogP contribution is -2.17. The summed E-state index contributed by atoms with van der Waals surface area (Å²) in [6, 6.07) is 0.655. The van der Waals surface area contributed by atoms with Crippen molar-refractivity contribution < 1.29 is 18.4 Å². The molecule has 0 atom stereocenters. The van der Waals surface area contributed by atoms with Crippen LogP contribution in [0, 0.1) is 0 Å². The molecule has 0 amide bonds. The number of hydrogen-bond donors (Lipinski definition) is 2. The van der Waals surface area contributed by atoms with Crippen molar-refractivity contribution in [1.82, 2.24) is 4.98 Å². The molecule has 1 aromatic rings. The standard InChI is InChI=1S/C7H5ClF3N3O/c8-4-1-3(7(9,10)11)2-13-5(4)6(12)14-15/h1-2,15H,(H2,12,14). The number of rotatable bonds is 1. The fourth-order valence-corrected chi connectivity index (χ4v) is 1.09. The summed E-state index contributed by atoms with van der Waals surface area (Å²) in [6.07, 6.45) is -3.97. The Bertz CT molecular complexity index is 405. The first-order valence-corrected chi connectivity index (χ1v) is 3.94. The first-order valence-electron chi connectivity index (χ1n) is 3.57. The van der Waals surface area contributed by atoms with E-state index in [-0.39, 0.29) is 10.7 Å². The van der Waals surface area contributed by atoms with E-state index < -0.39 is 17.6 Å². The van der Waals surface area contributed by atoms with Crippen LogP contribution in [0.15, 0.2) is 17.4 Å². The molecule has 0 radical (unpaired) electrons. The number of pyridine rings is 1. The van der Waals surface area contributed by atoms with Crippen LogP contribution in [0.5, 0.6) is 0 Å². The van der Waals surface area contributed by atoms with Crippen LogP contribution in [-0.4, -0.2) is 16.0 Å². The second-order valence-electron chi connectivity index (χ2n) is 2.54. The lowest BCUT2D eigenvalue weighted by atomic mass is 10.2. The van der Waals surface area contributed by atoms with E-state index in [4.69, 9.17) is 22.5 Å². The maximum atomic E-state index is 12.2. The summed E-state index contributed by atoms with van der Waals surface area (Å²) in [4.78, 5) is 3.35. The molecule has 0 aliphatic rings. The van der Waals surface area contributed by atoms with E-state index in [1.807, 2.05) is 0 Å². The van der Waals surface area contributed by atoms with Gasteiger partial charge in [0.05, 0.1) is 10.6 Å². The highest BCUT2D eigenvalue weighted by molar-refractivity contribution is 6.33. The molecule has 0 spiro atoms. The summed E-state index contributed by atoms with van der Waals surface area (Å²) in [5.41, 5.74) is 3.93. The molecule has 3 N–H and O–H groups in total. The molecule has 1 heterocycles. The molecule has 15 heavy (non-hydrogen) atoms. The minimum Gasteiger partial charge on any atom is -0.409 e. The predicted octanol–water partition coefficient (Wildman–Crippen LogP) is 1.85. The molecular formula is C7H5ClF3N3O. The first-order chi connectivity index (χ1) is 6.86. The summed E-state index contributed by atoms with van der Waals surface area (Å²) in [5.74, 6) is -0.450. The van der Waals surface area contributed by atoms with Gasteiger partial charge >= 0.3 is 6.18 Å². The van der Waals surface area contributed by atoms with Crippen LogP contribution in [0.25, 0.3) is 0 Å². The van der Waals surface area contributed by atoms with Crippen LogP contribution in [0.2, 0.25) is 5.02 Å². The van der Waals surface area contributed by atoms with Crippen molar-refractivity contribution in [1.29, 1.82) is 0 Å². The Morgan fingerprint density at radius 3 is 2.53 bits per heavy atom. The third kappa shape index (κ3) is 2.50. The van der Waals surface area contributed by atoms with E-state index in [0.29, 0.717) is 12.3 Å². The largest absolute Gasteiger partial charge is 0.417 e. The Balaban J connectivity index is 3.21. The third-order valence-corrected chi connectivity index (χ3v) is 1.81. The number of oxime groups is 1. The number of hydrogen-bond acceptors (Lipinski definition) is 3. The predicted molar refractivity (Wildman–Crippen MR) is 46.8 cm³/mol. The lowest BCUT2D eigenvalue weighted by molar-refractivity contribution is -0.137. The van der Waals surface area contributed by atoms with E-state index >= 15 is 0 Å². The Morgan fingerprint density at radius 1 is 1.53 bits per heavy atom. The highest BCUT2D eigenvalue weighted by atomic mass is 35.5. The van der Waals surface area contributed by atoms with Crippen molar-refractivity contribution in [3.8, 4) is 0 Å². The highest BCUT2D eigenvalue weighted by Crippen LogP contribution is 2.30. The van der Waals surface area contributed by atoms with Crippen LogP contribution >= 0.6 is 11.6 Å². The first kappa shape index (κ1) is 11.6. The molecule has 8 heteroatoms. The van der Waals surface area contributed by atoms with Gasteiger partial charge in [-0.3, -0.25) is 4.98 Å². The Labute approximate surface area is 87.2 Å². The van der Waals surface area contributed by atoms with Gasteiger partial charge in [0, 0.05) is 6.20 Å². The maximum Gasteiger partial charge on any atom is 0.417 e. The second-order valence-corrected chi connectivity index (χ2v) is 2.94. The average Bonchev–Trinajstić information content (AvgIpc) is 2.15. The summed E-state index contributed by atoms with van der Waals surface area (Å²) < 4.78 is 36.5. The summed E-state index contributed by atoms with van der Waals surface area (Å²) in [7, 11) is 0. The molecule has 0 aromatic carbocycles. The highest BCUT2D eigenvalue weighted by Gasteiger charge is 2.31. The monoisotopic (exact) mass is 239 g/mol. The van der Waals surface area contributed by atoms with Crippen molar-refractivity contribution in [2.75, 3.05) is 0 Å². The summed E-state index contributed by atoms with van der Waals surface area (Å²) in [5, 5.41) is 10.5. The normalized spacial score (nSPS) is 12.9. The van der Waals surface area contributed by atoms with Crippen molar-refractivity contribution in [2.24, 2.45) is 10.9 Å². The van der Waals surface area contributed by atoms with Crippen LogP contribution in [0.4, 0.5) is 13.2 Å². The molecule has 0 aliphatic heterocycles. The minimum absolute atomic E-state index is 0.202. The molecule has 1 aromatic heterocycles. The van der Waals surface area contributed by atoms with Gasteiger partial charge in [-0.2, -0.15) is 13.2 Å². The van der Waals surface area contributed by atoms with E-state index in [0.717, 1.165) is 0 Å². The maximum absolute atomic E-state index is 12.2.